The van der Waals surface area contributed by atoms with Gasteiger partial charge in [-0.25, -0.2) is 21.6 Å². The Morgan fingerprint density at radius 2 is 1.82 bits per heavy atom. The van der Waals surface area contributed by atoms with E-state index in [0.717, 1.165) is 43.0 Å². The van der Waals surface area contributed by atoms with E-state index in [0.29, 0.717) is 45.1 Å². The Bertz CT molecular complexity index is 2190. The molecule has 61 heavy (non-hydrogen) atoms. The molecule has 2 aliphatic carbocycles. The number of alkyl halides is 3. The van der Waals surface area contributed by atoms with E-state index in [9.17, 15) is 36.0 Å². The Hall–Kier alpha value is -4.21. The number of allylic oxidation sites excluding steroid dienone is 2. The minimum absolute atomic E-state index is 0.0144. The van der Waals surface area contributed by atoms with Crippen LogP contribution >= 0.6 is 0 Å². The van der Waals surface area contributed by atoms with E-state index in [4.69, 9.17) is 19.2 Å². The fourth-order valence-corrected chi connectivity index (χ4v) is 10.8. The van der Waals surface area contributed by atoms with Gasteiger partial charge in [0.05, 0.1) is 36.9 Å². The maximum absolute atomic E-state index is 15.1. The highest BCUT2D eigenvalue weighted by atomic mass is 32.2. The van der Waals surface area contributed by atoms with Crippen LogP contribution in [0.1, 0.15) is 111 Å². The summed E-state index contributed by atoms with van der Waals surface area (Å²) in [5, 5.41) is 1.62. The summed E-state index contributed by atoms with van der Waals surface area (Å²) >= 11 is 0. The van der Waals surface area contributed by atoms with E-state index in [1.807, 2.05) is 50.3 Å². The molecule has 0 unspecified atom stereocenters. The summed E-state index contributed by atoms with van der Waals surface area (Å²) in [6.07, 6.45) is 6.19. The van der Waals surface area contributed by atoms with Crippen molar-refractivity contribution in [3.8, 4) is 11.8 Å². The van der Waals surface area contributed by atoms with Crippen molar-refractivity contribution in [3.63, 3.8) is 0 Å². The number of amides is 2. The molecule has 5 aliphatic rings. The highest BCUT2D eigenvalue weighted by Crippen LogP contribution is 2.58. The van der Waals surface area contributed by atoms with Crippen molar-refractivity contribution in [2.75, 3.05) is 19.8 Å². The van der Waals surface area contributed by atoms with Crippen LogP contribution in [0, 0.1) is 29.1 Å². The molecule has 0 bridgehead atoms. The predicted octanol–water partition coefficient (Wildman–Crippen LogP) is 7.21. The molecule has 2 amide bonds. The first-order valence-electron chi connectivity index (χ1n) is 21.7. The Labute approximate surface area is 355 Å². The second-order valence-corrected chi connectivity index (χ2v) is 20.8. The van der Waals surface area contributed by atoms with Crippen LogP contribution in [-0.4, -0.2) is 90.1 Å². The molecular weight excluding hydrogens is 816 g/mol. The Kier molecular flexibility index (Phi) is 12.4. The van der Waals surface area contributed by atoms with Crippen molar-refractivity contribution >= 4 is 44.4 Å². The van der Waals surface area contributed by atoms with Crippen LogP contribution in [0.3, 0.4) is 0 Å². The van der Waals surface area contributed by atoms with Crippen molar-refractivity contribution in [1.82, 2.24) is 14.6 Å². The van der Waals surface area contributed by atoms with Crippen molar-refractivity contribution in [3.05, 3.63) is 42.0 Å². The van der Waals surface area contributed by atoms with Gasteiger partial charge in [-0.2, -0.15) is 4.98 Å². The molecule has 1 aromatic heterocycles. The zero-order valence-electron chi connectivity index (χ0n) is 35.6. The van der Waals surface area contributed by atoms with Crippen LogP contribution in [0.2, 0.25) is 0 Å². The van der Waals surface area contributed by atoms with Gasteiger partial charge in [-0.15, -0.1) is 0 Å². The minimum atomic E-state index is -4.40. The van der Waals surface area contributed by atoms with Crippen LogP contribution < -0.4 is 14.2 Å². The molecule has 7 atom stereocenters. The number of aromatic nitrogens is 1. The molecular formula is C45H58F3N3O9S. The van der Waals surface area contributed by atoms with Gasteiger partial charge >= 0.3 is 5.97 Å². The van der Waals surface area contributed by atoms with Crippen molar-refractivity contribution < 1.29 is 55.0 Å². The summed E-state index contributed by atoms with van der Waals surface area (Å²) in [6.45, 7) is 6.04. The monoisotopic (exact) mass is 873 g/mol. The second kappa shape index (κ2) is 16.8. The normalized spacial score (nSPS) is 29.8. The van der Waals surface area contributed by atoms with Gasteiger partial charge in [0.2, 0.25) is 33.6 Å². The number of carbonyl (C=O) groups is 4. The number of Topliss-reactive ketones (excluding diaryl/α,β-unsaturated/α-hetero) is 1. The van der Waals surface area contributed by atoms with Gasteiger partial charge in [0.25, 0.3) is 5.92 Å². The molecule has 1 N–H and O–H groups in total. The smallest absolute Gasteiger partial charge is 0.307 e. The number of carbonyl (C=O) groups excluding carboxylic acids is 4. The number of sulfonamides is 1. The second-order valence-electron chi connectivity index (χ2n) is 18.7. The Morgan fingerprint density at radius 3 is 2.49 bits per heavy atom. The van der Waals surface area contributed by atoms with E-state index < -0.39 is 105 Å². The number of pyridine rings is 1. The minimum Gasteiger partial charge on any atom is -0.477 e. The number of hydrogen-bond acceptors (Lipinski definition) is 10. The van der Waals surface area contributed by atoms with E-state index in [1.165, 1.54) is 4.90 Å². The lowest BCUT2D eigenvalue weighted by atomic mass is 9.79. The number of fused-ring (bicyclic) bond motifs is 5. The third-order valence-corrected chi connectivity index (χ3v) is 16.1. The van der Waals surface area contributed by atoms with Gasteiger partial charge in [0, 0.05) is 30.7 Å². The molecule has 3 fully saturated rings. The first-order chi connectivity index (χ1) is 28.7. The standard InChI is InChI=1S/C45H58F3N3O9S/c1-6-28-20-27(2)12-7-8-13-29-23-45(29,41(55)50-61(56,57)44(26-46)17-18-44)24-36(52)35-21-30(25-51(35)40(54)34(28)22-37(53)60-42(3,4)43(5,47)48)59-39-33-15-10-9-14-31(33)32-16-11-19-58-38(32)49-39/h8-10,13-15,27-30,34-35H,6-7,11-12,16-26H2,1-5H3,(H,50,55)/b13-8-/t27-,28+,29+,30+,34-,35-,45+/m0/s1. The van der Waals surface area contributed by atoms with Crippen LogP contribution in [0.15, 0.2) is 36.4 Å². The molecule has 2 saturated carbocycles. The van der Waals surface area contributed by atoms with Crippen LogP contribution in [0.25, 0.3) is 10.8 Å². The molecule has 4 heterocycles. The number of hydrogen-bond donors (Lipinski definition) is 1. The molecule has 2 aromatic rings. The highest BCUT2D eigenvalue weighted by molar-refractivity contribution is 7.91. The van der Waals surface area contributed by atoms with E-state index >= 15 is 4.79 Å². The highest BCUT2D eigenvalue weighted by Gasteiger charge is 2.63. The fraction of sp³-hybridized carbons (Fsp3) is 0.667. The SMILES string of the molecule is CC[C@@H]1C[C@@H](C)CC/C=C\[C@@H]2C[C@@]2(C(=O)NS(=O)(=O)C2(CF)CC2)CC(=O)[C@@H]2C[C@@H](Oc3nc4c(c5ccccc35)CCCO4)CN2C(=O)[C@H]1CC(=O)OC(C)(C)C(C)(F)F. The van der Waals surface area contributed by atoms with Gasteiger partial charge in [-0.3, -0.25) is 23.9 Å². The number of ketones is 1. The zero-order chi connectivity index (χ0) is 44.1. The van der Waals surface area contributed by atoms with Gasteiger partial charge in [-0.1, -0.05) is 50.6 Å². The topological polar surface area (TPSA) is 158 Å². The van der Waals surface area contributed by atoms with Crippen molar-refractivity contribution in [2.45, 2.75) is 140 Å². The molecule has 0 spiro atoms. The quantitative estimate of drug-likeness (QED) is 0.181. The lowest BCUT2D eigenvalue weighted by Crippen LogP contribution is -2.49. The average molecular weight is 874 g/mol. The first-order valence-corrected chi connectivity index (χ1v) is 23.2. The van der Waals surface area contributed by atoms with Crippen LogP contribution in [0.4, 0.5) is 13.2 Å². The molecule has 334 valence electrons. The molecule has 3 aliphatic heterocycles. The van der Waals surface area contributed by atoms with Crippen molar-refractivity contribution in [2.24, 2.45) is 29.1 Å². The summed E-state index contributed by atoms with van der Waals surface area (Å²) in [4.78, 5) is 63.8. The van der Waals surface area contributed by atoms with Gasteiger partial charge in [0.1, 0.15) is 17.5 Å². The number of rotatable bonds is 11. The molecule has 12 nitrogen and oxygen atoms in total. The van der Waals surface area contributed by atoms with Gasteiger partial charge in [0.15, 0.2) is 11.4 Å². The third-order valence-electron chi connectivity index (χ3n) is 14.0. The van der Waals surface area contributed by atoms with E-state index in [2.05, 4.69) is 4.72 Å². The first kappa shape index (κ1) is 44.8. The fourth-order valence-electron chi connectivity index (χ4n) is 9.39. The Balaban J connectivity index is 1.25. The summed E-state index contributed by atoms with van der Waals surface area (Å²) < 4.78 is 87.9. The number of ether oxygens (including phenoxy) is 3. The van der Waals surface area contributed by atoms with Gasteiger partial charge < -0.3 is 19.1 Å². The maximum Gasteiger partial charge on any atom is 0.307 e. The van der Waals surface area contributed by atoms with Crippen LogP contribution in [-0.2, 0) is 40.4 Å². The van der Waals surface area contributed by atoms with E-state index in [1.54, 1.807) is 0 Å². The predicted molar refractivity (Wildman–Crippen MR) is 220 cm³/mol. The van der Waals surface area contributed by atoms with Crippen molar-refractivity contribution in [1.29, 1.82) is 0 Å². The number of benzene rings is 1. The Morgan fingerprint density at radius 1 is 1.10 bits per heavy atom. The maximum atomic E-state index is 15.1. The number of aryl methyl sites for hydroxylation is 1. The summed E-state index contributed by atoms with van der Waals surface area (Å²) in [5.41, 5.74) is -2.68. The molecule has 1 saturated heterocycles. The third kappa shape index (κ3) is 8.88. The molecule has 1 aromatic carbocycles. The number of nitrogens with one attached hydrogen (secondary N) is 1. The number of nitrogens with zero attached hydrogens (tertiary/aromatic N) is 2. The lowest BCUT2D eigenvalue weighted by Gasteiger charge is -2.35. The summed E-state index contributed by atoms with van der Waals surface area (Å²) in [6, 6.07) is 6.42. The van der Waals surface area contributed by atoms with Crippen LogP contribution in [0.5, 0.6) is 11.8 Å². The summed E-state index contributed by atoms with van der Waals surface area (Å²) in [7, 11) is -4.40. The molecule has 7 rings (SSSR count). The average Bonchev–Trinajstić information content (AvgIpc) is 4.11. The lowest BCUT2D eigenvalue weighted by molar-refractivity contribution is -0.197. The largest absolute Gasteiger partial charge is 0.477 e. The molecule has 0 radical (unpaired) electrons. The zero-order valence-corrected chi connectivity index (χ0v) is 36.5. The number of halogens is 3. The van der Waals surface area contributed by atoms with E-state index in [-0.39, 0.29) is 44.0 Å². The van der Waals surface area contributed by atoms with Gasteiger partial charge in [-0.05, 0) is 94.4 Å². The number of esters is 1. The molecule has 16 heteroatoms. The summed E-state index contributed by atoms with van der Waals surface area (Å²) in [5.74, 6) is -7.50.